The van der Waals surface area contributed by atoms with Crippen LogP contribution in [0, 0.1) is 0 Å². The van der Waals surface area contributed by atoms with E-state index in [1.54, 1.807) is 0 Å². The summed E-state index contributed by atoms with van der Waals surface area (Å²) in [4.78, 5) is 0. The summed E-state index contributed by atoms with van der Waals surface area (Å²) in [7, 11) is 0. The van der Waals surface area contributed by atoms with E-state index in [9.17, 15) is 0 Å². The first-order valence-electron chi connectivity index (χ1n) is 7.42. The molecule has 1 unspecified atom stereocenters. The maximum atomic E-state index is 5.78. The highest BCUT2D eigenvalue weighted by atomic mass is 15.2. The zero-order valence-corrected chi connectivity index (χ0v) is 12.4. The Kier molecular flexibility index (Phi) is 5.33. The lowest BCUT2D eigenvalue weighted by molar-refractivity contribution is 0.635. The summed E-state index contributed by atoms with van der Waals surface area (Å²) in [5.74, 6) is 5.78. The van der Waals surface area contributed by atoms with Gasteiger partial charge in [-0.15, -0.1) is 0 Å². The highest BCUT2D eigenvalue weighted by Gasteiger charge is 2.12. The number of aryl methyl sites for hydroxylation is 2. The molecule has 0 aromatic heterocycles. The first kappa shape index (κ1) is 14.8. The average Bonchev–Trinajstić information content (AvgIpc) is 2.49. The van der Waals surface area contributed by atoms with E-state index in [0.717, 1.165) is 19.3 Å². The summed E-state index contributed by atoms with van der Waals surface area (Å²) in [6.07, 6.45) is 3.34. The van der Waals surface area contributed by atoms with Gasteiger partial charge in [-0.3, -0.25) is 5.84 Å². The molecule has 2 heteroatoms. The summed E-state index contributed by atoms with van der Waals surface area (Å²) < 4.78 is 0. The molecule has 2 aromatic carbocycles. The van der Waals surface area contributed by atoms with Crippen LogP contribution in [0.4, 0.5) is 0 Å². The van der Waals surface area contributed by atoms with Crippen molar-refractivity contribution in [1.29, 1.82) is 0 Å². The standard InChI is InChI=1S/C18H24N2/c1-3-6-15-7-5-8-17(13-15)18(20-19)16-11-9-14(4-2)10-12-16/h5,7-13,18,20H,3-4,6,19H2,1-2H3. The molecule has 0 saturated carbocycles. The summed E-state index contributed by atoms with van der Waals surface area (Å²) in [5.41, 5.74) is 8.09. The van der Waals surface area contributed by atoms with Crippen molar-refractivity contribution in [2.45, 2.75) is 39.2 Å². The normalized spacial score (nSPS) is 12.3. The molecule has 106 valence electrons. The van der Waals surface area contributed by atoms with Gasteiger partial charge in [-0.1, -0.05) is 68.8 Å². The lowest BCUT2D eigenvalue weighted by Gasteiger charge is -2.18. The predicted molar refractivity (Wildman–Crippen MR) is 85.4 cm³/mol. The van der Waals surface area contributed by atoms with Gasteiger partial charge in [-0.2, -0.15) is 0 Å². The average molecular weight is 268 g/mol. The monoisotopic (exact) mass is 268 g/mol. The second-order valence-electron chi connectivity index (χ2n) is 5.19. The van der Waals surface area contributed by atoms with Crippen LogP contribution < -0.4 is 11.3 Å². The number of hydrogen-bond acceptors (Lipinski definition) is 2. The number of nitrogens with one attached hydrogen (secondary N) is 1. The zero-order chi connectivity index (χ0) is 14.4. The van der Waals surface area contributed by atoms with Crippen molar-refractivity contribution in [3.63, 3.8) is 0 Å². The molecule has 2 aromatic rings. The molecule has 2 nitrogen and oxygen atoms in total. The lowest BCUT2D eigenvalue weighted by atomic mass is 9.95. The van der Waals surface area contributed by atoms with Gasteiger partial charge in [0.25, 0.3) is 0 Å². The van der Waals surface area contributed by atoms with Crippen LogP contribution in [0.2, 0.25) is 0 Å². The van der Waals surface area contributed by atoms with E-state index in [1.165, 1.54) is 22.3 Å². The van der Waals surface area contributed by atoms with E-state index in [-0.39, 0.29) is 6.04 Å². The van der Waals surface area contributed by atoms with Crippen molar-refractivity contribution in [2.75, 3.05) is 0 Å². The summed E-state index contributed by atoms with van der Waals surface area (Å²) >= 11 is 0. The Morgan fingerprint density at radius 2 is 1.70 bits per heavy atom. The van der Waals surface area contributed by atoms with Gasteiger partial charge in [-0.25, -0.2) is 5.43 Å². The molecule has 0 aliphatic carbocycles. The lowest BCUT2D eigenvalue weighted by Crippen LogP contribution is -2.28. The Balaban J connectivity index is 2.28. The Hall–Kier alpha value is -1.64. The summed E-state index contributed by atoms with van der Waals surface area (Å²) in [6.45, 7) is 4.37. The summed E-state index contributed by atoms with van der Waals surface area (Å²) in [5, 5.41) is 0. The highest BCUT2D eigenvalue weighted by Crippen LogP contribution is 2.23. The molecule has 0 bridgehead atoms. The number of hydrogen-bond donors (Lipinski definition) is 2. The number of rotatable bonds is 6. The fraction of sp³-hybridized carbons (Fsp3) is 0.333. The molecule has 20 heavy (non-hydrogen) atoms. The molecule has 0 saturated heterocycles. The molecule has 3 N–H and O–H groups in total. The van der Waals surface area contributed by atoms with E-state index in [4.69, 9.17) is 5.84 Å². The Morgan fingerprint density at radius 1 is 0.950 bits per heavy atom. The molecule has 0 fully saturated rings. The molecule has 0 aliphatic heterocycles. The Bertz CT molecular complexity index is 531. The number of benzene rings is 2. The quantitative estimate of drug-likeness (QED) is 0.618. The van der Waals surface area contributed by atoms with Gasteiger partial charge in [0.1, 0.15) is 0 Å². The second-order valence-corrected chi connectivity index (χ2v) is 5.19. The molecule has 0 spiro atoms. The van der Waals surface area contributed by atoms with Crippen LogP contribution in [0.3, 0.4) is 0 Å². The third-order valence-electron chi connectivity index (χ3n) is 3.71. The fourth-order valence-corrected chi connectivity index (χ4v) is 2.55. The Labute approximate surface area is 122 Å². The second kappa shape index (κ2) is 7.22. The van der Waals surface area contributed by atoms with Crippen LogP contribution >= 0.6 is 0 Å². The molecule has 1 atom stereocenters. The highest BCUT2D eigenvalue weighted by molar-refractivity contribution is 5.35. The third-order valence-corrected chi connectivity index (χ3v) is 3.71. The minimum atomic E-state index is 0.0534. The van der Waals surface area contributed by atoms with Crippen molar-refractivity contribution in [3.8, 4) is 0 Å². The molecule has 0 heterocycles. The number of hydrazine groups is 1. The van der Waals surface area contributed by atoms with Crippen molar-refractivity contribution < 1.29 is 0 Å². The molecule has 2 rings (SSSR count). The molecule has 0 radical (unpaired) electrons. The van der Waals surface area contributed by atoms with Crippen LogP contribution in [-0.2, 0) is 12.8 Å². The van der Waals surface area contributed by atoms with Crippen molar-refractivity contribution in [3.05, 3.63) is 70.8 Å². The van der Waals surface area contributed by atoms with E-state index in [0.29, 0.717) is 0 Å². The van der Waals surface area contributed by atoms with E-state index < -0.39 is 0 Å². The largest absolute Gasteiger partial charge is 0.271 e. The van der Waals surface area contributed by atoms with E-state index >= 15 is 0 Å². The van der Waals surface area contributed by atoms with Gasteiger partial charge < -0.3 is 0 Å². The van der Waals surface area contributed by atoms with Gasteiger partial charge in [0.05, 0.1) is 6.04 Å². The van der Waals surface area contributed by atoms with Crippen LogP contribution in [0.5, 0.6) is 0 Å². The van der Waals surface area contributed by atoms with E-state index in [1.807, 2.05) is 0 Å². The first-order valence-corrected chi connectivity index (χ1v) is 7.42. The van der Waals surface area contributed by atoms with Crippen molar-refractivity contribution in [1.82, 2.24) is 5.43 Å². The van der Waals surface area contributed by atoms with Gasteiger partial charge in [0, 0.05) is 0 Å². The fourth-order valence-electron chi connectivity index (χ4n) is 2.55. The minimum Gasteiger partial charge on any atom is -0.271 e. The van der Waals surface area contributed by atoms with Crippen molar-refractivity contribution in [2.24, 2.45) is 5.84 Å². The minimum absolute atomic E-state index is 0.0534. The van der Waals surface area contributed by atoms with Crippen LogP contribution in [0.1, 0.15) is 48.6 Å². The van der Waals surface area contributed by atoms with Gasteiger partial charge >= 0.3 is 0 Å². The molecular weight excluding hydrogens is 244 g/mol. The predicted octanol–water partition coefficient (Wildman–Crippen LogP) is 3.75. The van der Waals surface area contributed by atoms with Gasteiger partial charge in [0.15, 0.2) is 0 Å². The topological polar surface area (TPSA) is 38.0 Å². The van der Waals surface area contributed by atoms with Crippen LogP contribution in [0.25, 0.3) is 0 Å². The summed E-state index contributed by atoms with van der Waals surface area (Å²) in [6, 6.07) is 17.4. The SMILES string of the molecule is CCCc1cccc(C(NN)c2ccc(CC)cc2)c1. The third kappa shape index (κ3) is 3.47. The van der Waals surface area contributed by atoms with Crippen LogP contribution in [0.15, 0.2) is 48.5 Å². The molecule has 0 aliphatic rings. The maximum absolute atomic E-state index is 5.78. The smallest absolute Gasteiger partial charge is 0.0710 e. The van der Waals surface area contributed by atoms with Crippen LogP contribution in [-0.4, -0.2) is 0 Å². The van der Waals surface area contributed by atoms with Gasteiger partial charge in [0.2, 0.25) is 0 Å². The maximum Gasteiger partial charge on any atom is 0.0710 e. The van der Waals surface area contributed by atoms with Crippen molar-refractivity contribution >= 4 is 0 Å². The number of nitrogens with two attached hydrogens (primary N) is 1. The van der Waals surface area contributed by atoms with Gasteiger partial charge in [-0.05, 0) is 35.1 Å². The Morgan fingerprint density at radius 3 is 2.30 bits per heavy atom. The first-order chi connectivity index (χ1) is 9.78. The molecule has 0 amide bonds. The zero-order valence-electron chi connectivity index (χ0n) is 12.4. The molecular formula is C18H24N2. The van der Waals surface area contributed by atoms with E-state index in [2.05, 4.69) is 67.8 Å².